The summed E-state index contributed by atoms with van der Waals surface area (Å²) in [4.78, 5) is 13.7. The smallest absolute Gasteiger partial charge is 0.304 e. The minimum atomic E-state index is -0.847. The highest BCUT2D eigenvalue weighted by atomic mass is 16.5. The van der Waals surface area contributed by atoms with Crippen LogP contribution >= 0.6 is 0 Å². The van der Waals surface area contributed by atoms with Crippen LogP contribution in [0.3, 0.4) is 0 Å². The molecule has 1 fully saturated rings. The van der Waals surface area contributed by atoms with E-state index in [-0.39, 0.29) is 12.3 Å². The second kappa shape index (κ2) is 12.4. The Kier molecular flexibility index (Phi) is 8.81. The SMILES string of the molecule is CC#CC(CC(=O)O)c1ccc(OCc2ccc(CN3CCC(C4=CCCC=C4)CC3)cc2)cc1. The van der Waals surface area contributed by atoms with Crippen molar-refractivity contribution in [2.75, 3.05) is 13.1 Å². The molecule has 0 amide bonds. The lowest BCUT2D eigenvalue weighted by Gasteiger charge is -2.33. The molecule has 0 spiro atoms. The number of allylic oxidation sites excluding steroid dienone is 4. The summed E-state index contributed by atoms with van der Waals surface area (Å²) in [7, 11) is 0. The normalized spacial score (nSPS) is 17.2. The van der Waals surface area contributed by atoms with Gasteiger partial charge < -0.3 is 9.84 Å². The van der Waals surface area contributed by atoms with E-state index in [4.69, 9.17) is 9.84 Å². The molecule has 1 aliphatic heterocycles. The molecule has 4 nitrogen and oxygen atoms in total. The van der Waals surface area contributed by atoms with E-state index in [1.54, 1.807) is 12.5 Å². The van der Waals surface area contributed by atoms with Gasteiger partial charge in [-0.3, -0.25) is 9.69 Å². The average Bonchev–Trinajstić information content (AvgIpc) is 2.89. The average molecular weight is 470 g/mol. The molecule has 2 aromatic carbocycles. The van der Waals surface area contributed by atoms with Crippen molar-refractivity contribution in [3.63, 3.8) is 0 Å². The number of likely N-dealkylation sites (tertiary alicyclic amines) is 1. The second-order valence-corrected chi connectivity index (χ2v) is 9.45. The van der Waals surface area contributed by atoms with E-state index in [0.717, 1.165) is 42.4 Å². The van der Waals surface area contributed by atoms with Gasteiger partial charge in [-0.05, 0) is 86.0 Å². The minimum absolute atomic E-state index is 0.000825. The molecule has 1 unspecified atom stereocenters. The van der Waals surface area contributed by atoms with E-state index >= 15 is 0 Å². The van der Waals surface area contributed by atoms with E-state index in [1.165, 1.54) is 31.2 Å². The molecular formula is C31H35NO3. The molecule has 0 saturated carbocycles. The van der Waals surface area contributed by atoms with Crippen molar-refractivity contribution in [1.82, 2.24) is 4.90 Å². The predicted molar refractivity (Wildman–Crippen MR) is 140 cm³/mol. The largest absolute Gasteiger partial charge is 0.489 e. The Bertz CT molecular complexity index is 1090. The maximum absolute atomic E-state index is 11.1. The van der Waals surface area contributed by atoms with Gasteiger partial charge in [0.25, 0.3) is 0 Å². The van der Waals surface area contributed by atoms with Gasteiger partial charge in [0.2, 0.25) is 0 Å². The number of benzene rings is 2. The summed E-state index contributed by atoms with van der Waals surface area (Å²) in [5.74, 6) is 6.16. The van der Waals surface area contributed by atoms with Gasteiger partial charge in [0, 0.05) is 6.54 Å². The van der Waals surface area contributed by atoms with Crippen LogP contribution in [0.5, 0.6) is 5.75 Å². The van der Waals surface area contributed by atoms with Gasteiger partial charge >= 0.3 is 5.97 Å². The molecule has 0 bridgehead atoms. The summed E-state index contributed by atoms with van der Waals surface area (Å²) >= 11 is 0. The highest BCUT2D eigenvalue weighted by molar-refractivity contribution is 5.69. The van der Waals surface area contributed by atoms with Gasteiger partial charge in [0.05, 0.1) is 12.3 Å². The number of carboxylic acid groups (broad SMARTS) is 1. The molecule has 1 aliphatic carbocycles. The van der Waals surface area contributed by atoms with Crippen LogP contribution in [0.15, 0.2) is 72.3 Å². The number of carboxylic acids is 1. The Morgan fingerprint density at radius 1 is 1.06 bits per heavy atom. The number of aliphatic carboxylic acids is 1. The zero-order valence-corrected chi connectivity index (χ0v) is 20.6. The van der Waals surface area contributed by atoms with Gasteiger partial charge in [-0.25, -0.2) is 0 Å². The van der Waals surface area contributed by atoms with Crippen LogP contribution in [-0.2, 0) is 17.9 Å². The first-order valence-electron chi connectivity index (χ1n) is 12.6. The quantitative estimate of drug-likeness (QED) is 0.436. The van der Waals surface area contributed by atoms with Crippen LogP contribution in [0, 0.1) is 17.8 Å². The van der Waals surface area contributed by atoms with Crippen molar-refractivity contribution >= 4 is 5.97 Å². The third-order valence-electron chi connectivity index (χ3n) is 6.90. The van der Waals surface area contributed by atoms with Crippen LogP contribution in [0.2, 0.25) is 0 Å². The van der Waals surface area contributed by atoms with Crippen molar-refractivity contribution in [1.29, 1.82) is 0 Å². The molecule has 35 heavy (non-hydrogen) atoms. The molecule has 1 N–H and O–H groups in total. The predicted octanol–water partition coefficient (Wildman–Crippen LogP) is 6.34. The number of rotatable bonds is 9. The van der Waals surface area contributed by atoms with Crippen molar-refractivity contribution in [2.45, 2.75) is 58.1 Å². The highest BCUT2D eigenvalue weighted by Crippen LogP contribution is 2.29. The van der Waals surface area contributed by atoms with Crippen molar-refractivity contribution in [2.24, 2.45) is 5.92 Å². The van der Waals surface area contributed by atoms with Crippen LogP contribution in [0.1, 0.15) is 61.6 Å². The van der Waals surface area contributed by atoms with E-state index in [0.29, 0.717) is 6.61 Å². The van der Waals surface area contributed by atoms with E-state index < -0.39 is 5.97 Å². The van der Waals surface area contributed by atoms with Crippen LogP contribution < -0.4 is 4.74 Å². The lowest BCUT2D eigenvalue weighted by molar-refractivity contribution is -0.137. The third-order valence-corrected chi connectivity index (χ3v) is 6.90. The minimum Gasteiger partial charge on any atom is -0.489 e. The van der Waals surface area contributed by atoms with Crippen LogP contribution in [-0.4, -0.2) is 29.1 Å². The fourth-order valence-corrected chi connectivity index (χ4v) is 4.92. The van der Waals surface area contributed by atoms with Gasteiger partial charge in [0.1, 0.15) is 12.4 Å². The van der Waals surface area contributed by atoms with Crippen molar-refractivity contribution in [3.05, 3.63) is 89.0 Å². The first kappa shape index (κ1) is 24.8. The Labute approximate surface area is 209 Å². The fourth-order valence-electron chi connectivity index (χ4n) is 4.92. The summed E-state index contributed by atoms with van der Waals surface area (Å²) in [6.45, 7) is 5.55. The summed E-state index contributed by atoms with van der Waals surface area (Å²) in [6.07, 6.45) is 12.0. The van der Waals surface area contributed by atoms with Gasteiger partial charge in [-0.2, -0.15) is 0 Å². The Balaban J connectivity index is 1.23. The standard InChI is InChI=1S/C31H35NO3/c1-2-6-29(21-31(33)34)27-13-15-30(16-14-27)35-23-25-11-9-24(10-12-25)22-32-19-17-28(18-20-32)26-7-4-3-5-8-26/h4,7-16,28-29H,3,5,17-23H2,1H3,(H,33,34). The maximum Gasteiger partial charge on any atom is 0.304 e. The zero-order valence-electron chi connectivity index (χ0n) is 20.6. The lowest BCUT2D eigenvalue weighted by atomic mass is 9.86. The number of nitrogens with zero attached hydrogens (tertiary/aromatic N) is 1. The molecule has 1 atom stereocenters. The topological polar surface area (TPSA) is 49.8 Å². The molecule has 2 aliphatic rings. The number of ether oxygens (including phenoxy) is 1. The van der Waals surface area contributed by atoms with Gasteiger partial charge in [-0.1, -0.05) is 60.5 Å². The Morgan fingerprint density at radius 3 is 2.40 bits per heavy atom. The monoisotopic (exact) mass is 469 g/mol. The maximum atomic E-state index is 11.1. The molecule has 4 rings (SSSR count). The van der Waals surface area contributed by atoms with Crippen LogP contribution in [0.4, 0.5) is 0 Å². The molecule has 1 heterocycles. The lowest BCUT2D eigenvalue weighted by Crippen LogP contribution is -2.33. The molecule has 1 saturated heterocycles. The number of hydrogen-bond donors (Lipinski definition) is 1. The van der Waals surface area contributed by atoms with E-state index in [9.17, 15) is 4.79 Å². The molecular weight excluding hydrogens is 434 g/mol. The Hall–Kier alpha value is -3.29. The summed E-state index contributed by atoms with van der Waals surface area (Å²) in [6, 6.07) is 16.3. The van der Waals surface area contributed by atoms with E-state index in [2.05, 4.69) is 59.2 Å². The number of hydrogen-bond acceptors (Lipinski definition) is 3. The summed E-state index contributed by atoms with van der Waals surface area (Å²) in [5.41, 5.74) is 4.93. The van der Waals surface area contributed by atoms with Gasteiger partial charge in [0.15, 0.2) is 0 Å². The fraction of sp³-hybridized carbons (Fsp3) is 0.387. The van der Waals surface area contributed by atoms with Crippen molar-refractivity contribution in [3.8, 4) is 17.6 Å². The highest BCUT2D eigenvalue weighted by Gasteiger charge is 2.21. The molecule has 182 valence electrons. The van der Waals surface area contributed by atoms with E-state index in [1.807, 2.05) is 24.3 Å². The number of carbonyl (C=O) groups is 1. The Morgan fingerprint density at radius 2 is 1.77 bits per heavy atom. The summed E-state index contributed by atoms with van der Waals surface area (Å²) < 4.78 is 5.95. The van der Waals surface area contributed by atoms with Gasteiger partial charge in [-0.15, -0.1) is 5.92 Å². The molecule has 2 aromatic rings. The molecule has 0 aromatic heterocycles. The third kappa shape index (κ3) is 7.34. The number of piperidine rings is 1. The zero-order chi connectivity index (χ0) is 24.5. The molecule has 0 radical (unpaired) electrons. The first-order chi connectivity index (χ1) is 17.1. The van der Waals surface area contributed by atoms with Crippen LogP contribution in [0.25, 0.3) is 0 Å². The first-order valence-corrected chi connectivity index (χ1v) is 12.6. The summed E-state index contributed by atoms with van der Waals surface area (Å²) in [5, 5.41) is 9.11. The molecule has 4 heteroatoms. The second-order valence-electron chi connectivity index (χ2n) is 9.45. The van der Waals surface area contributed by atoms with Crippen molar-refractivity contribution < 1.29 is 14.6 Å².